The summed E-state index contributed by atoms with van der Waals surface area (Å²) in [5, 5.41) is 6.11. The third-order valence-electron chi connectivity index (χ3n) is 5.32. The van der Waals surface area contributed by atoms with Gasteiger partial charge in [-0.3, -0.25) is 19.3 Å². The maximum atomic E-state index is 13.4. The van der Waals surface area contributed by atoms with Crippen LogP contribution in [-0.2, 0) is 14.4 Å². The second-order valence-electron chi connectivity index (χ2n) is 7.58. The second kappa shape index (κ2) is 9.18. The number of carbonyl (C=O) groups is 3. The number of hydrogen-bond donors (Lipinski definition) is 1. The minimum atomic E-state index is -0.862. The molecule has 34 heavy (non-hydrogen) atoms. The number of hydrogen-bond acceptors (Lipinski definition) is 8. The second-order valence-corrected chi connectivity index (χ2v) is 8.58. The van der Waals surface area contributed by atoms with Gasteiger partial charge < -0.3 is 19.6 Å². The van der Waals surface area contributed by atoms with Crippen molar-refractivity contribution in [3.05, 3.63) is 64.3 Å². The van der Waals surface area contributed by atoms with Crippen LogP contribution >= 0.6 is 11.8 Å². The first-order chi connectivity index (χ1) is 16.5. The molecular weight excluding hydrogens is 465 g/mol. The summed E-state index contributed by atoms with van der Waals surface area (Å²) in [5.41, 5.74) is 1.72. The maximum absolute atomic E-state index is 13.4. The molecule has 0 aliphatic carbocycles. The highest BCUT2D eigenvalue weighted by molar-refractivity contribution is 8.18. The van der Waals surface area contributed by atoms with Gasteiger partial charge in [-0.1, -0.05) is 23.4 Å². The molecule has 1 unspecified atom stereocenters. The lowest BCUT2D eigenvalue weighted by Gasteiger charge is -2.14. The molecule has 0 bridgehead atoms. The van der Waals surface area contributed by atoms with Crippen molar-refractivity contribution in [3.63, 3.8) is 0 Å². The molecule has 3 aliphatic rings. The fourth-order valence-electron chi connectivity index (χ4n) is 3.61. The minimum absolute atomic E-state index is 0.0131. The van der Waals surface area contributed by atoms with Crippen molar-refractivity contribution in [2.24, 2.45) is 5.16 Å². The molecule has 2 aromatic rings. The van der Waals surface area contributed by atoms with E-state index in [0.29, 0.717) is 28.3 Å². The monoisotopic (exact) mass is 483 g/mol. The van der Waals surface area contributed by atoms with Crippen LogP contribution in [0.1, 0.15) is 17.5 Å². The Kier molecular flexibility index (Phi) is 5.93. The van der Waals surface area contributed by atoms with E-state index in [9.17, 15) is 18.8 Å². The van der Waals surface area contributed by atoms with Crippen molar-refractivity contribution in [1.29, 1.82) is 0 Å². The molecule has 3 heterocycles. The molecule has 1 N–H and O–H groups in total. The van der Waals surface area contributed by atoms with Gasteiger partial charge in [-0.2, -0.15) is 0 Å². The molecule has 3 amide bonds. The van der Waals surface area contributed by atoms with Gasteiger partial charge in [0.05, 0.1) is 10.6 Å². The van der Waals surface area contributed by atoms with Gasteiger partial charge in [-0.05, 0) is 47.7 Å². The molecule has 2 aromatic carbocycles. The Morgan fingerprint density at radius 2 is 2.06 bits per heavy atom. The van der Waals surface area contributed by atoms with Crippen LogP contribution < -0.4 is 14.8 Å². The molecular formula is C23H18FN3O6S. The first kappa shape index (κ1) is 22.0. The number of imide groups is 1. The smallest absolute Gasteiger partial charge is 0.293 e. The van der Waals surface area contributed by atoms with Crippen LogP contribution in [0.5, 0.6) is 11.5 Å². The molecule has 174 valence electrons. The summed E-state index contributed by atoms with van der Waals surface area (Å²) >= 11 is 0.833. The highest BCUT2D eigenvalue weighted by atomic mass is 32.2. The average Bonchev–Trinajstić information content (AvgIpc) is 3.55. The summed E-state index contributed by atoms with van der Waals surface area (Å²) in [6.45, 7) is 0.216. The van der Waals surface area contributed by atoms with E-state index < -0.39 is 29.0 Å². The topological polar surface area (TPSA) is 107 Å². The number of rotatable bonds is 6. The SMILES string of the molecule is O=C(NCCN1C(=O)SC(=Cc2ccc3c(c2)OCO3)C1=O)C1CC(c2cccc(F)c2)=NO1. The summed E-state index contributed by atoms with van der Waals surface area (Å²) in [6, 6.07) is 11.1. The third-order valence-corrected chi connectivity index (χ3v) is 6.23. The molecule has 0 spiro atoms. The van der Waals surface area contributed by atoms with Gasteiger partial charge in [0.15, 0.2) is 11.5 Å². The molecule has 1 fully saturated rings. The molecule has 5 rings (SSSR count). The lowest BCUT2D eigenvalue weighted by Crippen LogP contribution is -2.41. The van der Waals surface area contributed by atoms with Crippen molar-refractivity contribution in [2.45, 2.75) is 12.5 Å². The molecule has 0 aromatic heterocycles. The predicted molar refractivity (Wildman–Crippen MR) is 121 cm³/mol. The number of fused-ring (bicyclic) bond motifs is 1. The molecule has 1 atom stereocenters. The Hall–Kier alpha value is -3.86. The summed E-state index contributed by atoms with van der Waals surface area (Å²) in [4.78, 5) is 44.0. The van der Waals surface area contributed by atoms with E-state index in [-0.39, 0.29) is 31.2 Å². The Labute approximate surface area is 197 Å². The number of nitrogens with zero attached hydrogens (tertiary/aromatic N) is 2. The first-order valence-electron chi connectivity index (χ1n) is 10.4. The molecule has 1 saturated heterocycles. The van der Waals surface area contributed by atoms with E-state index in [1.165, 1.54) is 12.1 Å². The summed E-state index contributed by atoms with van der Waals surface area (Å²) in [5.74, 6) is -0.0679. The van der Waals surface area contributed by atoms with Crippen LogP contribution in [0.4, 0.5) is 9.18 Å². The van der Waals surface area contributed by atoms with Crippen molar-refractivity contribution in [2.75, 3.05) is 19.9 Å². The number of carbonyl (C=O) groups excluding carboxylic acids is 3. The quantitative estimate of drug-likeness (QED) is 0.630. The van der Waals surface area contributed by atoms with Crippen LogP contribution in [0.25, 0.3) is 6.08 Å². The fourth-order valence-corrected chi connectivity index (χ4v) is 4.47. The minimum Gasteiger partial charge on any atom is -0.454 e. The summed E-state index contributed by atoms with van der Waals surface area (Å²) in [7, 11) is 0. The van der Waals surface area contributed by atoms with Crippen molar-refractivity contribution >= 4 is 40.6 Å². The largest absolute Gasteiger partial charge is 0.454 e. The van der Waals surface area contributed by atoms with Gasteiger partial charge in [-0.15, -0.1) is 0 Å². The van der Waals surface area contributed by atoms with E-state index in [0.717, 1.165) is 16.7 Å². The van der Waals surface area contributed by atoms with Crippen LogP contribution in [0.15, 0.2) is 52.5 Å². The first-order valence-corrected chi connectivity index (χ1v) is 11.2. The Balaban J connectivity index is 1.13. The van der Waals surface area contributed by atoms with Gasteiger partial charge in [0.2, 0.25) is 12.9 Å². The fraction of sp³-hybridized carbons (Fsp3) is 0.217. The van der Waals surface area contributed by atoms with Gasteiger partial charge in [0.1, 0.15) is 5.82 Å². The maximum Gasteiger partial charge on any atom is 0.293 e. The Bertz CT molecular complexity index is 1250. The number of oxime groups is 1. The lowest BCUT2D eigenvalue weighted by molar-refractivity contribution is -0.131. The molecule has 0 radical (unpaired) electrons. The van der Waals surface area contributed by atoms with Gasteiger partial charge in [0, 0.05) is 25.1 Å². The number of ether oxygens (including phenoxy) is 2. The third kappa shape index (κ3) is 4.46. The van der Waals surface area contributed by atoms with Gasteiger partial charge >= 0.3 is 0 Å². The van der Waals surface area contributed by atoms with Gasteiger partial charge in [0.25, 0.3) is 17.1 Å². The van der Waals surface area contributed by atoms with Crippen LogP contribution in [0, 0.1) is 5.82 Å². The van der Waals surface area contributed by atoms with Crippen LogP contribution in [0.2, 0.25) is 0 Å². The van der Waals surface area contributed by atoms with Crippen molar-refractivity contribution < 1.29 is 33.1 Å². The molecule has 9 nitrogen and oxygen atoms in total. The average molecular weight is 483 g/mol. The van der Waals surface area contributed by atoms with E-state index in [2.05, 4.69) is 10.5 Å². The van der Waals surface area contributed by atoms with Crippen LogP contribution in [0.3, 0.4) is 0 Å². The zero-order valence-corrected chi connectivity index (χ0v) is 18.5. The summed E-state index contributed by atoms with van der Waals surface area (Å²) in [6.07, 6.45) is 0.942. The standard InChI is InChI=1S/C23H18FN3O6S/c24-15-3-1-2-14(10-15)16-11-19(33-26-16)21(28)25-6-7-27-22(29)20(34-23(27)30)9-13-4-5-17-18(8-13)32-12-31-17/h1-5,8-10,19H,6-7,11-12H2,(H,25,28). The van der Waals surface area contributed by atoms with Gasteiger partial charge in [-0.25, -0.2) is 4.39 Å². The van der Waals surface area contributed by atoms with E-state index >= 15 is 0 Å². The molecule has 0 saturated carbocycles. The van der Waals surface area contributed by atoms with E-state index in [1.54, 1.807) is 36.4 Å². The number of nitrogens with one attached hydrogen (secondary N) is 1. The van der Waals surface area contributed by atoms with Crippen molar-refractivity contribution in [1.82, 2.24) is 10.2 Å². The zero-order chi connectivity index (χ0) is 23.7. The number of amides is 3. The Morgan fingerprint density at radius 1 is 1.21 bits per heavy atom. The molecule has 3 aliphatic heterocycles. The highest BCUT2D eigenvalue weighted by Gasteiger charge is 2.35. The zero-order valence-electron chi connectivity index (χ0n) is 17.7. The van der Waals surface area contributed by atoms with E-state index in [4.69, 9.17) is 14.3 Å². The highest BCUT2D eigenvalue weighted by Crippen LogP contribution is 2.36. The molecule has 11 heteroatoms. The van der Waals surface area contributed by atoms with Crippen molar-refractivity contribution in [3.8, 4) is 11.5 Å². The summed E-state index contributed by atoms with van der Waals surface area (Å²) < 4.78 is 24.0. The van der Waals surface area contributed by atoms with E-state index in [1.807, 2.05) is 0 Å². The number of thioether (sulfide) groups is 1. The Morgan fingerprint density at radius 3 is 2.91 bits per heavy atom. The predicted octanol–water partition coefficient (Wildman–Crippen LogP) is 2.90. The van der Waals surface area contributed by atoms with Crippen LogP contribution in [-0.4, -0.2) is 53.7 Å². The number of benzene rings is 2. The normalized spacial score (nSPS) is 20.0. The lowest BCUT2D eigenvalue weighted by atomic mass is 10.0. The number of halogens is 1.